The largest absolute Gasteiger partial charge is 0.427 e. The molecule has 0 bridgehead atoms. The topological polar surface area (TPSA) is 126 Å². The van der Waals surface area contributed by atoms with Gasteiger partial charge in [0, 0.05) is 17.1 Å². The lowest BCUT2D eigenvalue weighted by Gasteiger charge is -2.29. The van der Waals surface area contributed by atoms with E-state index in [4.69, 9.17) is 31.4 Å². The first-order valence-corrected chi connectivity index (χ1v) is 12.8. The van der Waals surface area contributed by atoms with Gasteiger partial charge in [-0.05, 0) is 50.7 Å². The summed E-state index contributed by atoms with van der Waals surface area (Å²) in [4.78, 5) is 30.9. The van der Waals surface area contributed by atoms with Crippen molar-refractivity contribution in [3.63, 3.8) is 0 Å². The number of anilines is 1. The Morgan fingerprint density at radius 2 is 2.00 bits per heavy atom. The molecule has 0 radical (unpaired) electrons. The number of hydrogen-bond donors (Lipinski definition) is 4. The molecule has 4 N–H and O–H groups in total. The molecule has 36 heavy (non-hydrogen) atoms. The number of aliphatic hydroxyl groups excluding tert-OH is 1. The SMILES string of the molecule is CC1CCC(Cn2c(NC(C)(C)CO)nc3nc(C4NOC(=O)N4)nc(-c4cccc(Cl)c4)c32)CC1. The second kappa shape index (κ2) is 9.84. The first-order chi connectivity index (χ1) is 17.2. The summed E-state index contributed by atoms with van der Waals surface area (Å²) in [6.07, 6.45) is 3.38. The molecule has 2 fully saturated rings. The van der Waals surface area contributed by atoms with Gasteiger partial charge in [0.1, 0.15) is 11.2 Å². The predicted molar refractivity (Wildman–Crippen MR) is 137 cm³/mol. The normalized spacial score (nSPS) is 22.5. The number of aliphatic hydroxyl groups is 1. The van der Waals surface area contributed by atoms with E-state index >= 15 is 0 Å². The number of imidazole rings is 1. The molecule has 1 unspecified atom stereocenters. The molecule has 3 heterocycles. The summed E-state index contributed by atoms with van der Waals surface area (Å²) in [5.74, 6) is 2.19. The fraction of sp³-hybridized carbons (Fsp3) is 0.520. The molecule has 1 saturated carbocycles. The van der Waals surface area contributed by atoms with E-state index in [2.05, 4.69) is 27.6 Å². The number of rotatable bonds is 7. The van der Waals surface area contributed by atoms with E-state index in [0.29, 0.717) is 34.1 Å². The smallest absolute Gasteiger partial charge is 0.394 e. The van der Waals surface area contributed by atoms with Crippen molar-refractivity contribution in [3.05, 3.63) is 35.1 Å². The number of halogens is 1. The summed E-state index contributed by atoms with van der Waals surface area (Å²) in [5, 5.41) is 16.6. The maximum Gasteiger partial charge on any atom is 0.427 e. The van der Waals surface area contributed by atoms with Crippen LogP contribution in [0.5, 0.6) is 0 Å². The molecule has 1 saturated heterocycles. The monoisotopic (exact) mass is 513 g/mol. The van der Waals surface area contributed by atoms with E-state index in [1.54, 1.807) is 0 Å². The second-order valence-electron chi connectivity index (χ2n) is 10.5. The molecule has 10 nitrogen and oxygen atoms in total. The number of fused-ring (bicyclic) bond motifs is 1. The van der Waals surface area contributed by atoms with Crippen LogP contribution < -0.4 is 16.1 Å². The second-order valence-corrected chi connectivity index (χ2v) is 11.0. The molecule has 3 aromatic rings. The zero-order chi connectivity index (χ0) is 25.4. The Labute approximate surface area is 214 Å². The molecular weight excluding hydrogens is 482 g/mol. The molecule has 11 heteroatoms. The summed E-state index contributed by atoms with van der Waals surface area (Å²) < 4.78 is 2.14. The van der Waals surface area contributed by atoms with Gasteiger partial charge in [-0.15, -0.1) is 5.48 Å². The van der Waals surface area contributed by atoms with Gasteiger partial charge in [0.15, 0.2) is 17.6 Å². The van der Waals surface area contributed by atoms with E-state index < -0.39 is 17.8 Å². The highest BCUT2D eigenvalue weighted by molar-refractivity contribution is 6.30. The van der Waals surface area contributed by atoms with Gasteiger partial charge in [-0.3, -0.25) is 5.32 Å². The average Bonchev–Trinajstić information content (AvgIpc) is 3.43. The Balaban J connectivity index is 1.69. The minimum Gasteiger partial charge on any atom is -0.394 e. The molecule has 192 valence electrons. The van der Waals surface area contributed by atoms with Crippen LogP contribution in [0.4, 0.5) is 10.7 Å². The first-order valence-electron chi connectivity index (χ1n) is 12.4. The fourth-order valence-corrected chi connectivity index (χ4v) is 5.00. The summed E-state index contributed by atoms with van der Waals surface area (Å²) in [5.41, 5.74) is 4.76. The number of hydroxylamine groups is 1. The Kier molecular flexibility index (Phi) is 6.76. The van der Waals surface area contributed by atoms with Crippen molar-refractivity contribution in [2.45, 2.75) is 64.7 Å². The molecule has 2 aliphatic rings. The molecule has 1 aliphatic heterocycles. The van der Waals surface area contributed by atoms with Crippen LogP contribution in [0.25, 0.3) is 22.4 Å². The Morgan fingerprint density at radius 1 is 1.22 bits per heavy atom. The third-order valence-corrected chi connectivity index (χ3v) is 7.16. The van der Waals surface area contributed by atoms with Crippen molar-refractivity contribution in [1.82, 2.24) is 30.3 Å². The van der Waals surface area contributed by atoms with E-state index in [-0.39, 0.29) is 6.61 Å². The van der Waals surface area contributed by atoms with Crippen LogP contribution in [0.15, 0.2) is 24.3 Å². The predicted octanol–water partition coefficient (Wildman–Crippen LogP) is 4.40. The summed E-state index contributed by atoms with van der Waals surface area (Å²) in [7, 11) is 0. The fourth-order valence-electron chi connectivity index (χ4n) is 4.81. The number of nitrogens with zero attached hydrogens (tertiary/aromatic N) is 4. The number of nitrogens with one attached hydrogen (secondary N) is 3. The van der Waals surface area contributed by atoms with Gasteiger partial charge in [-0.1, -0.05) is 43.5 Å². The highest BCUT2D eigenvalue weighted by atomic mass is 35.5. The quantitative estimate of drug-likeness (QED) is 0.366. The van der Waals surface area contributed by atoms with Crippen LogP contribution in [-0.4, -0.2) is 42.9 Å². The Hall–Kier alpha value is -2.95. The van der Waals surface area contributed by atoms with Crippen LogP contribution >= 0.6 is 11.6 Å². The van der Waals surface area contributed by atoms with Crippen molar-refractivity contribution in [2.24, 2.45) is 11.8 Å². The maximum absolute atomic E-state index is 11.7. The van der Waals surface area contributed by atoms with Gasteiger partial charge in [-0.2, -0.15) is 4.98 Å². The number of carbonyl (C=O) groups is 1. The van der Waals surface area contributed by atoms with E-state index in [0.717, 1.165) is 36.4 Å². The van der Waals surface area contributed by atoms with Crippen molar-refractivity contribution >= 4 is 34.8 Å². The number of aromatic nitrogens is 4. The van der Waals surface area contributed by atoms with Crippen LogP contribution in [0.3, 0.4) is 0 Å². The minimum atomic E-state index is -0.713. The highest BCUT2D eigenvalue weighted by Gasteiger charge is 2.31. The summed E-state index contributed by atoms with van der Waals surface area (Å²) in [6.45, 7) is 6.84. The number of carbonyl (C=O) groups excluding carboxylic acids is 1. The third-order valence-electron chi connectivity index (χ3n) is 6.93. The molecule has 2 aromatic heterocycles. The maximum atomic E-state index is 11.7. The molecule has 1 atom stereocenters. The molecule has 0 spiro atoms. The van der Waals surface area contributed by atoms with Crippen molar-refractivity contribution < 1.29 is 14.7 Å². The van der Waals surface area contributed by atoms with Gasteiger partial charge in [0.05, 0.1) is 12.1 Å². The molecule has 1 aromatic carbocycles. The average molecular weight is 514 g/mol. The lowest BCUT2D eigenvalue weighted by atomic mass is 9.83. The van der Waals surface area contributed by atoms with Gasteiger partial charge >= 0.3 is 6.09 Å². The third kappa shape index (κ3) is 5.11. The zero-order valence-electron chi connectivity index (χ0n) is 20.7. The molecular formula is C25H32ClN7O3. The summed E-state index contributed by atoms with van der Waals surface area (Å²) in [6, 6.07) is 7.49. The summed E-state index contributed by atoms with van der Waals surface area (Å²) >= 11 is 6.36. The Bertz CT molecular complexity index is 1270. The van der Waals surface area contributed by atoms with Gasteiger partial charge in [-0.25, -0.2) is 14.8 Å². The van der Waals surface area contributed by atoms with E-state index in [1.165, 1.54) is 12.8 Å². The standard InChI is InChI=1S/C25H32ClN7O3/c1-14-7-9-15(10-8-14)12-33-19-18(16-5-4-6-17(26)11-16)27-21(22-30-24(35)36-32-22)28-20(19)29-23(33)31-25(2,3)13-34/h4-6,11,14-15,22,32,34H,7-10,12-13H2,1-3H3,(H,30,35)(H,27,28,29,31). The van der Waals surface area contributed by atoms with Crippen molar-refractivity contribution in [3.8, 4) is 11.3 Å². The van der Waals surface area contributed by atoms with Crippen LogP contribution in [0.2, 0.25) is 5.02 Å². The van der Waals surface area contributed by atoms with E-state index in [1.807, 2.05) is 38.1 Å². The lowest BCUT2D eigenvalue weighted by molar-refractivity contribution is 0.120. The molecule has 5 rings (SSSR count). The Morgan fingerprint density at radius 3 is 2.67 bits per heavy atom. The van der Waals surface area contributed by atoms with Gasteiger partial charge < -0.3 is 19.8 Å². The lowest BCUT2D eigenvalue weighted by Crippen LogP contribution is -2.36. The zero-order valence-corrected chi connectivity index (χ0v) is 21.5. The molecule has 1 amide bonds. The highest BCUT2D eigenvalue weighted by Crippen LogP contribution is 2.35. The number of amides is 1. The first kappa shape index (κ1) is 24.7. The van der Waals surface area contributed by atoms with Crippen LogP contribution in [0, 0.1) is 11.8 Å². The van der Waals surface area contributed by atoms with Gasteiger partial charge in [0.25, 0.3) is 0 Å². The minimum absolute atomic E-state index is 0.0649. The van der Waals surface area contributed by atoms with E-state index in [9.17, 15) is 9.90 Å². The van der Waals surface area contributed by atoms with Crippen LogP contribution in [-0.2, 0) is 11.4 Å². The number of hydrogen-bond acceptors (Lipinski definition) is 8. The van der Waals surface area contributed by atoms with Crippen molar-refractivity contribution in [2.75, 3.05) is 11.9 Å². The van der Waals surface area contributed by atoms with Crippen LogP contribution in [0.1, 0.15) is 58.4 Å². The van der Waals surface area contributed by atoms with Crippen molar-refractivity contribution in [1.29, 1.82) is 0 Å². The number of benzene rings is 1. The van der Waals surface area contributed by atoms with Gasteiger partial charge in [0.2, 0.25) is 5.95 Å². The molecule has 1 aliphatic carbocycles.